The van der Waals surface area contributed by atoms with E-state index in [4.69, 9.17) is 0 Å². The van der Waals surface area contributed by atoms with Crippen LogP contribution in [0.25, 0.3) is 0 Å². The molecule has 0 aromatic heterocycles. The molecule has 26 heavy (non-hydrogen) atoms. The van der Waals surface area contributed by atoms with Gasteiger partial charge in [0.05, 0.1) is 19.3 Å². The van der Waals surface area contributed by atoms with Crippen molar-refractivity contribution in [3.05, 3.63) is 107 Å². The summed E-state index contributed by atoms with van der Waals surface area (Å²) in [5.74, 6) is 0. The summed E-state index contributed by atoms with van der Waals surface area (Å²) in [6, 6.07) is 29.6. The van der Waals surface area contributed by atoms with E-state index in [1.54, 1.807) is 0 Å². The van der Waals surface area contributed by atoms with Crippen molar-refractivity contribution in [2.75, 3.05) is 0 Å². The number of hydrogen-bond acceptors (Lipinski definition) is 0. The van der Waals surface area contributed by atoms with Crippen molar-refractivity contribution in [1.29, 1.82) is 0 Å². The zero-order valence-electron chi connectivity index (χ0n) is 13.9. The van der Waals surface area contributed by atoms with E-state index in [1.807, 2.05) is 12.1 Å². The molecule has 0 nitrogen and oxygen atoms in total. The lowest BCUT2D eigenvalue weighted by molar-refractivity contribution is 0.873. The maximum absolute atomic E-state index is 3.93. The first-order valence-corrected chi connectivity index (χ1v) is 12.0. The lowest BCUT2D eigenvalue weighted by atomic mass is 9.95. The maximum atomic E-state index is 3.93. The highest BCUT2D eigenvalue weighted by atomic mass is 79.9. The summed E-state index contributed by atoms with van der Waals surface area (Å²) < 4.78 is 0. The highest BCUT2D eigenvalue weighted by Crippen LogP contribution is 2.49. The van der Waals surface area contributed by atoms with Gasteiger partial charge < -0.3 is 0 Å². The van der Waals surface area contributed by atoms with Crippen LogP contribution in [0.5, 0.6) is 0 Å². The van der Waals surface area contributed by atoms with Crippen molar-refractivity contribution in [2.45, 2.75) is 19.3 Å². The summed E-state index contributed by atoms with van der Waals surface area (Å²) in [7, 11) is 0. The number of benzene rings is 3. The fourth-order valence-corrected chi connectivity index (χ4v) is 5.56. The second kappa shape index (κ2) is 9.68. The van der Waals surface area contributed by atoms with E-state index >= 15 is 0 Å². The Kier molecular flexibility index (Phi) is 7.56. The molecule has 0 bridgehead atoms. The summed E-state index contributed by atoms with van der Waals surface area (Å²) in [4.78, 5) is 0.707. The molecule has 4 heteroatoms. The van der Waals surface area contributed by atoms with Gasteiger partial charge in [-0.3, -0.25) is 0 Å². The van der Waals surface area contributed by atoms with E-state index in [1.165, 1.54) is 22.3 Å². The number of halogens is 4. The standard InChI is InChI=1S/C22H18Br4/c23-19(15-9-3-1-4-10-15)21(25)17-13-7-8-14-18(17)22(26)20(24)16-11-5-2-6-12-16/h1-14,19-22H/t19-,20-,21-,22-/m1/s1. The van der Waals surface area contributed by atoms with Crippen molar-refractivity contribution in [3.8, 4) is 0 Å². The van der Waals surface area contributed by atoms with Crippen LogP contribution in [-0.2, 0) is 0 Å². The quantitative estimate of drug-likeness (QED) is 0.248. The van der Waals surface area contributed by atoms with Gasteiger partial charge in [0.25, 0.3) is 0 Å². The van der Waals surface area contributed by atoms with E-state index in [-0.39, 0.29) is 19.3 Å². The third kappa shape index (κ3) is 4.70. The Morgan fingerprint density at radius 2 is 0.692 bits per heavy atom. The van der Waals surface area contributed by atoms with Gasteiger partial charge in [-0.2, -0.15) is 0 Å². The summed E-state index contributed by atoms with van der Waals surface area (Å²) in [5, 5.41) is 0. The summed E-state index contributed by atoms with van der Waals surface area (Å²) in [5.41, 5.74) is 5.07. The molecular weight excluding hydrogens is 584 g/mol. The third-order valence-corrected chi connectivity index (χ3v) is 9.92. The molecule has 0 aliphatic heterocycles. The molecule has 3 aromatic carbocycles. The zero-order valence-corrected chi connectivity index (χ0v) is 20.2. The topological polar surface area (TPSA) is 0 Å². The Hall–Kier alpha value is -0.420. The van der Waals surface area contributed by atoms with Gasteiger partial charge in [-0.15, -0.1) is 0 Å². The van der Waals surface area contributed by atoms with Gasteiger partial charge in [0.1, 0.15) is 0 Å². The van der Waals surface area contributed by atoms with Gasteiger partial charge in [-0.05, 0) is 22.3 Å². The molecule has 0 saturated heterocycles. The van der Waals surface area contributed by atoms with Gasteiger partial charge in [0, 0.05) is 0 Å². The average Bonchev–Trinajstić information content (AvgIpc) is 2.73. The monoisotopic (exact) mass is 598 g/mol. The van der Waals surface area contributed by atoms with E-state index in [2.05, 4.69) is 137 Å². The predicted molar refractivity (Wildman–Crippen MR) is 126 cm³/mol. The lowest BCUT2D eigenvalue weighted by Crippen LogP contribution is -2.07. The Labute approximate surface area is 188 Å². The number of hydrogen-bond donors (Lipinski definition) is 0. The number of alkyl halides is 4. The molecule has 0 radical (unpaired) electrons. The van der Waals surface area contributed by atoms with Gasteiger partial charge in [0.15, 0.2) is 0 Å². The molecule has 0 aliphatic rings. The van der Waals surface area contributed by atoms with Crippen molar-refractivity contribution in [2.24, 2.45) is 0 Å². The fourth-order valence-electron chi connectivity index (χ4n) is 2.94. The van der Waals surface area contributed by atoms with Crippen LogP contribution in [0.3, 0.4) is 0 Å². The summed E-state index contributed by atoms with van der Waals surface area (Å²) >= 11 is 15.6. The van der Waals surface area contributed by atoms with Crippen LogP contribution in [0.4, 0.5) is 0 Å². The second-order valence-electron chi connectivity index (χ2n) is 6.06. The van der Waals surface area contributed by atoms with Crippen LogP contribution in [0.15, 0.2) is 84.9 Å². The number of rotatable bonds is 6. The van der Waals surface area contributed by atoms with Crippen LogP contribution < -0.4 is 0 Å². The van der Waals surface area contributed by atoms with E-state index in [9.17, 15) is 0 Å². The molecule has 0 amide bonds. The first-order chi connectivity index (χ1) is 12.6. The average molecular weight is 602 g/mol. The minimum Gasteiger partial charge on any atom is -0.0823 e. The fraction of sp³-hybridized carbons (Fsp3) is 0.182. The van der Waals surface area contributed by atoms with Crippen molar-refractivity contribution in [3.63, 3.8) is 0 Å². The molecule has 0 fully saturated rings. The molecule has 0 saturated carbocycles. The predicted octanol–water partition coefficient (Wildman–Crippen LogP) is 8.83. The normalized spacial score (nSPS) is 15.8. The third-order valence-electron chi connectivity index (χ3n) is 4.34. The zero-order chi connectivity index (χ0) is 18.5. The first kappa shape index (κ1) is 20.3. The highest BCUT2D eigenvalue weighted by molar-refractivity contribution is 9.12. The molecule has 0 aliphatic carbocycles. The Morgan fingerprint density at radius 3 is 1.04 bits per heavy atom. The van der Waals surface area contributed by atoms with Gasteiger partial charge in [-0.1, -0.05) is 149 Å². The van der Waals surface area contributed by atoms with Crippen LogP contribution in [0.1, 0.15) is 41.6 Å². The lowest BCUT2D eigenvalue weighted by Gasteiger charge is -2.25. The molecule has 134 valence electrons. The molecule has 0 spiro atoms. The van der Waals surface area contributed by atoms with Crippen molar-refractivity contribution >= 4 is 63.7 Å². The molecule has 0 N–H and O–H groups in total. The minimum absolute atomic E-state index is 0.164. The van der Waals surface area contributed by atoms with Gasteiger partial charge >= 0.3 is 0 Å². The summed E-state index contributed by atoms with van der Waals surface area (Å²) in [6.45, 7) is 0. The van der Waals surface area contributed by atoms with Gasteiger partial charge in [-0.25, -0.2) is 0 Å². The van der Waals surface area contributed by atoms with Crippen LogP contribution in [0.2, 0.25) is 0 Å². The van der Waals surface area contributed by atoms with Crippen molar-refractivity contribution in [1.82, 2.24) is 0 Å². The molecule has 4 atom stereocenters. The SMILES string of the molecule is Br[C@H](c1ccccc1)[C@H](Br)c1ccccc1[C@@H](Br)[C@H](Br)c1ccccc1. The Morgan fingerprint density at radius 1 is 0.385 bits per heavy atom. The van der Waals surface area contributed by atoms with Crippen LogP contribution in [-0.4, -0.2) is 0 Å². The first-order valence-electron chi connectivity index (χ1n) is 8.34. The highest BCUT2D eigenvalue weighted by Gasteiger charge is 2.27. The van der Waals surface area contributed by atoms with E-state index < -0.39 is 0 Å². The summed E-state index contributed by atoms with van der Waals surface area (Å²) in [6.07, 6.45) is 0. The Bertz CT molecular complexity index is 749. The second-order valence-corrected chi connectivity index (χ2v) is 10.0. The minimum atomic E-state index is 0.164. The molecule has 0 unspecified atom stereocenters. The largest absolute Gasteiger partial charge is 0.0823 e. The van der Waals surface area contributed by atoms with E-state index in [0.717, 1.165) is 0 Å². The maximum Gasteiger partial charge on any atom is 0.0564 e. The Balaban J connectivity index is 1.90. The molecule has 0 heterocycles. The van der Waals surface area contributed by atoms with Crippen molar-refractivity contribution < 1.29 is 0 Å². The van der Waals surface area contributed by atoms with Crippen LogP contribution in [0, 0.1) is 0 Å². The molecule has 3 aromatic rings. The molecular formula is C22H18Br4. The van der Waals surface area contributed by atoms with Crippen LogP contribution >= 0.6 is 63.7 Å². The smallest absolute Gasteiger partial charge is 0.0564 e. The van der Waals surface area contributed by atoms with Gasteiger partial charge in [0.2, 0.25) is 0 Å². The van der Waals surface area contributed by atoms with E-state index in [0.29, 0.717) is 0 Å². The molecule has 3 rings (SSSR count).